The van der Waals surface area contributed by atoms with E-state index in [4.69, 9.17) is 0 Å². The van der Waals surface area contributed by atoms with E-state index in [1.54, 1.807) is 17.0 Å². The Morgan fingerprint density at radius 1 is 0.909 bits per heavy atom. The monoisotopic (exact) mass is 465 g/mol. The van der Waals surface area contributed by atoms with Crippen LogP contribution < -0.4 is 0 Å². The number of carbonyl (C=O) groups excluding carboxylic acids is 2. The van der Waals surface area contributed by atoms with Crippen LogP contribution in [-0.2, 0) is 9.59 Å². The van der Waals surface area contributed by atoms with Crippen LogP contribution in [0.1, 0.15) is 12.8 Å². The summed E-state index contributed by atoms with van der Waals surface area (Å²) < 4.78 is 15.4. The summed E-state index contributed by atoms with van der Waals surface area (Å²) in [6, 6.07) is 15.8. The van der Waals surface area contributed by atoms with Crippen molar-refractivity contribution < 1.29 is 14.0 Å². The molecule has 1 saturated heterocycles. The quantitative estimate of drug-likeness (QED) is 0.523. The maximum atomic E-state index is 13.5. The lowest BCUT2D eigenvalue weighted by atomic mass is 10.2. The number of thioether (sulfide) groups is 1. The highest BCUT2D eigenvalue weighted by atomic mass is 32.2. The van der Waals surface area contributed by atoms with Crippen molar-refractivity contribution in [1.29, 1.82) is 0 Å². The van der Waals surface area contributed by atoms with Crippen molar-refractivity contribution in [3.8, 4) is 17.1 Å². The Kier molecular flexibility index (Phi) is 6.13. The van der Waals surface area contributed by atoms with Gasteiger partial charge in [-0.1, -0.05) is 42.1 Å². The van der Waals surface area contributed by atoms with Crippen molar-refractivity contribution in [3.05, 3.63) is 60.4 Å². The van der Waals surface area contributed by atoms with Gasteiger partial charge in [-0.15, -0.1) is 10.2 Å². The van der Waals surface area contributed by atoms with Crippen molar-refractivity contribution in [2.24, 2.45) is 5.92 Å². The van der Waals surface area contributed by atoms with E-state index in [1.165, 1.54) is 23.9 Å². The first-order chi connectivity index (χ1) is 16.1. The van der Waals surface area contributed by atoms with Gasteiger partial charge in [0, 0.05) is 43.3 Å². The molecule has 7 nitrogen and oxygen atoms in total. The fourth-order valence-corrected chi connectivity index (χ4v) is 4.80. The Morgan fingerprint density at radius 2 is 1.58 bits per heavy atom. The van der Waals surface area contributed by atoms with E-state index < -0.39 is 0 Å². The Hall–Kier alpha value is -3.20. The molecule has 2 amide bonds. The highest BCUT2D eigenvalue weighted by molar-refractivity contribution is 7.99. The summed E-state index contributed by atoms with van der Waals surface area (Å²) in [6.45, 7) is 2.29. The zero-order valence-corrected chi connectivity index (χ0v) is 18.9. The topological polar surface area (TPSA) is 71.3 Å². The van der Waals surface area contributed by atoms with Gasteiger partial charge in [0.05, 0.1) is 5.75 Å². The maximum Gasteiger partial charge on any atom is 0.233 e. The number of halogens is 1. The number of piperazine rings is 1. The SMILES string of the molecule is O=C(CSc1nnc(-c2ccccc2)n1-c1ccc(F)cc1)N1CCN(C(=O)C2CC2)CC1. The second kappa shape index (κ2) is 9.35. The van der Waals surface area contributed by atoms with Crippen molar-refractivity contribution >= 4 is 23.6 Å². The van der Waals surface area contributed by atoms with Gasteiger partial charge in [0.15, 0.2) is 11.0 Å². The third-order valence-electron chi connectivity index (χ3n) is 5.95. The first-order valence-electron chi connectivity index (χ1n) is 11.1. The lowest BCUT2D eigenvalue weighted by molar-refractivity contribution is -0.139. The molecule has 0 unspecified atom stereocenters. The summed E-state index contributed by atoms with van der Waals surface area (Å²) in [5.74, 6) is 0.969. The van der Waals surface area contributed by atoms with E-state index in [1.807, 2.05) is 39.8 Å². The van der Waals surface area contributed by atoms with Crippen molar-refractivity contribution in [3.63, 3.8) is 0 Å². The molecule has 5 rings (SSSR count). The van der Waals surface area contributed by atoms with Gasteiger partial charge >= 0.3 is 0 Å². The highest BCUT2D eigenvalue weighted by Crippen LogP contribution is 2.31. The Balaban J connectivity index is 1.29. The number of rotatable bonds is 6. The number of hydrogen-bond acceptors (Lipinski definition) is 5. The summed E-state index contributed by atoms with van der Waals surface area (Å²) >= 11 is 1.31. The van der Waals surface area contributed by atoms with Gasteiger partial charge in [-0.25, -0.2) is 4.39 Å². The molecule has 1 aliphatic carbocycles. The van der Waals surface area contributed by atoms with Crippen LogP contribution in [0.15, 0.2) is 59.8 Å². The van der Waals surface area contributed by atoms with Crippen LogP contribution in [0.5, 0.6) is 0 Å². The van der Waals surface area contributed by atoms with Crippen molar-refractivity contribution in [1.82, 2.24) is 24.6 Å². The summed E-state index contributed by atoms with van der Waals surface area (Å²) in [5, 5.41) is 9.25. The molecule has 9 heteroatoms. The van der Waals surface area contributed by atoms with Gasteiger partial charge in [0.25, 0.3) is 0 Å². The van der Waals surface area contributed by atoms with Gasteiger partial charge in [-0.2, -0.15) is 0 Å². The summed E-state index contributed by atoms with van der Waals surface area (Å²) in [6.07, 6.45) is 1.99. The number of hydrogen-bond donors (Lipinski definition) is 0. The minimum atomic E-state index is -0.322. The Labute approximate surface area is 195 Å². The molecule has 0 atom stereocenters. The van der Waals surface area contributed by atoms with E-state index in [9.17, 15) is 14.0 Å². The van der Waals surface area contributed by atoms with Gasteiger partial charge in [-0.3, -0.25) is 14.2 Å². The molecule has 3 aromatic rings. The molecule has 2 heterocycles. The lowest BCUT2D eigenvalue weighted by Gasteiger charge is -2.34. The van der Waals surface area contributed by atoms with Crippen LogP contribution in [0, 0.1) is 11.7 Å². The highest BCUT2D eigenvalue weighted by Gasteiger charge is 2.35. The first kappa shape index (κ1) is 21.6. The third kappa shape index (κ3) is 4.78. The molecule has 0 radical (unpaired) electrons. The number of nitrogens with zero attached hydrogens (tertiary/aromatic N) is 5. The summed E-state index contributed by atoms with van der Waals surface area (Å²) in [4.78, 5) is 28.8. The molecule has 1 aliphatic heterocycles. The molecular formula is C24H24FN5O2S. The first-order valence-corrected chi connectivity index (χ1v) is 12.0. The van der Waals surface area contributed by atoms with Gasteiger partial charge in [-0.05, 0) is 37.1 Å². The number of aromatic nitrogens is 3. The van der Waals surface area contributed by atoms with Crippen LogP contribution >= 0.6 is 11.8 Å². The molecule has 2 fully saturated rings. The zero-order valence-electron chi connectivity index (χ0n) is 18.1. The molecule has 0 bridgehead atoms. The standard InChI is InChI=1S/C24H24FN5O2S/c25-19-8-10-20(11-9-19)30-22(17-4-2-1-3-5-17)26-27-24(30)33-16-21(31)28-12-14-29(15-13-28)23(32)18-6-7-18/h1-5,8-11,18H,6-7,12-16H2. The summed E-state index contributed by atoms with van der Waals surface area (Å²) in [7, 11) is 0. The normalized spacial score (nSPS) is 16.2. The van der Waals surface area contributed by atoms with Crippen LogP contribution in [0.25, 0.3) is 17.1 Å². The predicted octanol–water partition coefficient (Wildman–Crippen LogP) is 3.25. The smallest absolute Gasteiger partial charge is 0.233 e. The number of amides is 2. The molecule has 2 aromatic carbocycles. The molecule has 0 N–H and O–H groups in total. The molecule has 33 heavy (non-hydrogen) atoms. The van der Waals surface area contributed by atoms with E-state index in [-0.39, 0.29) is 29.3 Å². The number of carbonyl (C=O) groups is 2. The molecule has 170 valence electrons. The fraction of sp³-hybridized carbons (Fsp3) is 0.333. The maximum absolute atomic E-state index is 13.5. The fourth-order valence-electron chi connectivity index (χ4n) is 3.94. The largest absolute Gasteiger partial charge is 0.339 e. The van der Waals surface area contributed by atoms with E-state index in [0.717, 1.165) is 24.1 Å². The molecule has 0 spiro atoms. The number of benzene rings is 2. The van der Waals surface area contributed by atoms with E-state index >= 15 is 0 Å². The Bertz CT molecular complexity index is 1140. The lowest BCUT2D eigenvalue weighted by Crippen LogP contribution is -2.51. The molecule has 1 aromatic heterocycles. The average Bonchev–Trinajstić information content (AvgIpc) is 3.63. The van der Waals surface area contributed by atoms with Crippen molar-refractivity contribution in [2.45, 2.75) is 18.0 Å². The van der Waals surface area contributed by atoms with E-state index in [0.29, 0.717) is 37.2 Å². The average molecular weight is 466 g/mol. The minimum absolute atomic E-state index is 0.00781. The van der Waals surface area contributed by atoms with Crippen LogP contribution in [-0.4, -0.2) is 68.3 Å². The van der Waals surface area contributed by atoms with Gasteiger partial charge in [0.1, 0.15) is 5.82 Å². The molecule has 2 aliphatic rings. The van der Waals surface area contributed by atoms with E-state index in [2.05, 4.69) is 10.2 Å². The summed E-state index contributed by atoms with van der Waals surface area (Å²) in [5.41, 5.74) is 1.60. The van der Waals surface area contributed by atoms with Gasteiger partial charge in [0.2, 0.25) is 11.8 Å². The van der Waals surface area contributed by atoms with Crippen LogP contribution in [0.4, 0.5) is 4.39 Å². The Morgan fingerprint density at radius 3 is 2.24 bits per heavy atom. The minimum Gasteiger partial charge on any atom is -0.339 e. The predicted molar refractivity (Wildman–Crippen MR) is 123 cm³/mol. The molecular weight excluding hydrogens is 441 g/mol. The van der Waals surface area contributed by atoms with Crippen LogP contribution in [0.2, 0.25) is 0 Å². The second-order valence-electron chi connectivity index (χ2n) is 8.25. The second-order valence-corrected chi connectivity index (χ2v) is 9.20. The van der Waals surface area contributed by atoms with Crippen molar-refractivity contribution in [2.75, 3.05) is 31.9 Å². The zero-order chi connectivity index (χ0) is 22.8. The van der Waals surface area contributed by atoms with Gasteiger partial charge < -0.3 is 9.80 Å². The van der Waals surface area contributed by atoms with Crippen LogP contribution in [0.3, 0.4) is 0 Å². The molecule has 1 saturated carbocycles. The third-order valence-corrected chi connectivity index (χ3v) is 6.86.